The molecule has 2 heterocycles. The zero-order chi connectivity index (χ0) is 21.1. The van der Waals surface area contributed by atoms with Crippen molar-refractivity contribution < 1.29 is 4.79 Å². The fourth-order valence-corrected chi connectivity index (χ4v) is 4.72. The number of thiophene rings is 1. The average Bonchev–Trinajstić information content (AvgIpc) is 3.15. The number of hydrogen-bond donors (Lipinski definition) is 1. The standard InChI is InChI=1S/C23H20BrN3O2S/c1-2-18-20(16-8-10-17(24)11-9-16)21-22(30-18)26-14-27(23(21)29)13-19(28)25-12-15-6-4-3-5-7-15/h3-11,14H,2,12-13H2,1H3,(H,25,28). The van der Waals surface area contributed by atoms with Crippen molar-refractivity contribution in [3.8, 4) is 11.1 Å². The highest BCUT2D eigenvalue weighted by molar-refractivity contribution is 9.10. The molecule has 0 aliphatic rings. The summed E-state index contributed by atoms with van der Waals surface area (Å²) in [5, 5.41) is 3.44. The van der Waals surface area contributed by atoms with Crippen LogP contribution in [-0.4, -0.2) is 15.5 Å². The predicted octanol–water partition coefficient (Wildman–Crippen LogP) is 4.77. The number of nitrogens with one attached hydrogen (secondary N) is 1. The molecule has 0 aliphatic carbocycles. The van der Waals surface area contributed by atoms with Crippen molar-refractivity contribution in [2.24, 2.45) is 0 Å². The highest BCUT2D eigenvalue weighted by Gasteiger charge is 2.19. The van der Waals surface area contributed by atoms with E-state index in [1.807, 2.05) is 54.6 Å². The lowest BCUT2D eigenvalue weighted by atomic mass is 10.0. The van der Waals surface area contributed by atoms with Gasteiger partial charge in [-0.3, -0.25) is 14.2 Å². The minimum Gasteiger partial charge on any atom is -0.350 e. The van der Waals surface area contributed by atoms with E-state index in [-0.39, 0.29) is 18.0 Å². The molecule has 2 aromatic carbocycles. The van der Waals surface area contributed by atoms with Crippen molar-refractivity contribution in [1.82, 2.24) is 14.9 Å². The number of benzene rings is 2. The molecule has 0 fully saturated rings. The number of aryl methyl sites for hydroxylation is 1. The van der Waals surface area contributed by atoms with E-state index < -0.39 is 0 Å². The minimum absolute atomic E-state index is 0.0638. The number of nitrogens with zero attached hydrogens (tertiary/aromatic N) is 2. The second-order valence-corrected chi connectivity index (χ2v) is 8.88. The van der Waals surface area contributed by atoms with Crippen LogP contribution in [0.25, 0.3) is 21.3 Å². The number of carbonyl (C=O) groups is 1. The summed E-state index contributed by atoms with van der Waals surface area (Å²) in [7, 11) is 0. The molecule has 0 unspecified atom stereocenters. The monoisotopic (exact) mass is 481 g/mol. The van der Waals surface area contributed by atoms with Crippen molar-refractivity contribution in [3.63, 3.8) is 0 Å². The Bertz CT molecular complexity index is 1250. The molecule has 0 aliphatic heterocycles. The lowest BCUT2D eigenvalue weighted by molar-refractivity contribution is -0.121. The SMILES string of the molecule is CCc1sc2ncn(CC(=O)NCc3ccccc3)c(=O)c2c1-c1ccc(Br)cc1. The van der Waals surface area contributed by atoms with E-state index in [4.69, 9.17) is 0 Å². The summed E-state index contributed by atoms with van der Waals surface area (Å²) in [5.74, 6) is -0.224. The van der Waals surface area contributed by atoms with Gasteiger partial charge in [-0.1, -0.05) is 65.3 Å². The molecule has 2 aromatic heterocycles. The summed E-state index contributed by atoms with van der Waals surface area (Å²) in [6.07, 6.45) is 2.28. The molecule has 1 N–H and O–H groups in total. The molecule has 4 aromatic rings. The van der Waals surface area contributed by atoms with E-state index in [9.17, 15) is 9.59 Å². The zero-order valence-corrected chi connectivity index (χ0v) is 18.8. The molecule has 152 valence electrons. The summed E-state index contributed by atoms with van der Waals surface area (Å²) in [6, 6.07) is 17.6. The van der Waals surface area contributed by atoms with Gasteiger partial charge in [0.05, 0.1) is 11.7 Å². The average molecular weight is 482 g/mol. The topological polar surface area (TPSA) is 64.0 Å². The Balaban J connectivity index is 1.66. The first-order valence-corrected chi connectivity index (χ1v) is 11.2. The Hall–Kier alpha value is -2.77. The van der Waals surface area contributed by atoms with Gasteiger partial charge in [-0.05, 0) is 29.7 Å². The van der Waals surface area contributed by atoms with Gasteiger partial charge >= 0.3 is 0 Å². The molecule has 0 atom stereocenters. The third-order valence-electron chi connectivity index (χ3n) is 4.85. The summed E-state index contributed by atoms with van der Waals surface area (Å²) in [5.41, 5.74) is 2.71. The van der Waals surface area contributed by atoms with Crippen LogP contribution < -0.4 is 10.9 Å². The molecule has 0 radical (unpaired) electrons. The normalized spacial score (nSPS) is 11.0. The van der Waals surface area contributed by atoms with E-state index in [0.29, 0.717) is 16.8 Å². The molecule has 5 nitrogen and oxygen atoms in total. The molecule has 0 saturated heterocycles. The van der Waals surface area contributed by atoms with Crippen LogP contribution in [0.5, 0.6) is 0 Å². The second kappa shape index (κ2) is 8.93. The van der Waals surface area contributed by atoms with Crippen molar-refractivity contribution in [1.29, 1.82) is 0 Å². The number of aromatic nitrogens is 2. The molecular formula is C23H20BrN3O2S. The number of amides is 1. The van der Waals surface area contributed by atoms with Gasteiger partial charge in [0, 0.05) is 21.5 Å². The first-order chi connectivity index (χ1) is 14.6. The number of hydrogen-bond acceptors (Lipinski definition) is 4. The zero-order valence-electron chi connectivity index (χ0n) is 16.4. The maximum Gasteiger partial charge on any atom is 0.263 e. The quantitative estimate of drug-likeness (QED) is 0.431. The first-order valence-electron chi connectivity index (χ1n) is 9.64. The minimum atomic E-state index is -0.224. The number of fused-ring (bicyclic) bond motifs is 1. The highest BCUT2D eigenvalue weighted by atomic mass is 79.9. The Kier molecular flexibility index (Phi) is 6.11. The van der Waals surface area contributed by atoms with Gasteiger partial charge in [0.2, 0.25) is 5.91 Å². The predicted molar refractivity (Wildman–Crippen MR) is 125 cm³/mol. The van der Waals surface area contributed by atoms with Crippen LogP contribution in [-0.2, 0) is 24.3 Å². The van der Waals surface area contributed by atoms with Crippen molar-refractivity contribution in [3.05, 3.63) is 86.2 Å². The van der Waals surface area contributed by atoms with Crippen LogP contribution in [0.4, 0.5) is 0 Å². The van der Waals surface area contributed by atoms with Crippen LogP contribution in [0.3, 0.4) is 0 Å². The number of halogens is 1. The van der Waals surface area contributed by atoms with Crippen molar-refractivity contribution >= 4 is 43.4 Å². The molecule has 7 heteroatoms. The van der Waals surface area contributed by atoms with Crippen LogP contribution in [0.15, 0.2) is 70.2 Å². The number of carbonyl (C=O) groups excluding carboxylic acids is 1. The second-order valence-electron chi connectivity index (χ2n) is 6.88. The van der Waals surface area contributed by atoms with Gasteiger partial charge in [0.1, 0.15) is 11.4 Å². The summed E-state index contributed by atoms with van der Waals surface area (Å²) in [6.45, 7) is 2.43. The fraction of sp³-hybridized carbons (Fsp3) is 0.174. The molecular weight excluding hydrogens is 462 g/mol. The van der Waals surface area contributed by atoms with Gasteiger partial charge < -0.3 is 5.32 Å². The van der Waals surface area contributed by atoms with Gasteiger partial charge in [-0.15, -0.1) is 11.3 Å². The maximum absolute atomic E-state index is 13.3. The highest BCUT2D eigenvalue weighted by Crippen LogP contribution is 2.36. The van der Waals surface area contributed by atoms with Crippen LogP contribution in [0.2, 0.25) is 0 Å². The largest absolute Gasteiger partial charge is 0.350 e. The van der Waals surface area contributed by atoms with Gasteiger partial charge in [-0.25, -0.2) is 4.98 Å². The van der Waals surface area contributed by atoms with E-state index in [1.54, 1.807) is 0 Å². The van der Waals surface area contributed by atoms with Crippen molar-refractivity contribution in [2.75, 3.05) is 0 Å². The Morgan fingerprint density at radius 3 is 2.57 bits per heavy atom. The molecule has 0 spiro atoms. The smallest absolute Gasteiger partial charge is 0.263 e. The van der Waals surface area contributed by atoms with Gasteiger partial charge in [0.15, 0.2) is 0 Å². The first kappa shape index (κ1) is 20.5. The molecule has 0 bridgehead atoms. The molecule has 1 amide bonds. The van der Waals surface area contributed by atoms with E-state index >= 15 is 0 Å². The van der Waals surface area contributed by atoms with Crippen LogP contribution in [0, 0.1) is 0 Å². The Morgan fingerprint density at radius 1 is 1.13 bits per heavy atom. The summed E-state index contributed by atoms with van der Waals surface area (Å²) < 4.78 is 2.37. The number of rotatable bonds is 6. The lowest BCUT2D eigenvalue weighted by Crippen LogP contribution is -2.32. The summed E-state index contributed by atoms with van der Waals surface area (Å²) >= 11 is 4.99. The molecule has 4 rings (SSSR count). The third-order valence-corrected chi connectivity index (χ3v) is 6.62. The van der Waals surface area contributed by atoms with Crippen molar-refractivity contribution in [2.45, 2.75) is 26.4 Å². The van der Waals surface area contributed by atoms with Gasteiger partial charge in [0.25, 0.3) is 5.56 Å². The van der Waals surface area contributed by atoms with E-state index in [2.05, 4.69) is 33.2 Å². The van der Waals surface area contributed by atoms with E-state index in [1.165, 1.54) is 22.2 Å². The Morgan fingerprint density at radius 2 is 1.87 bits per heavy atom. The van der Waals surface area contributed by atoms with Crippen LogP contribution >= 0.6 is 27.3 Å². The van der Waals surface area contributed by atoms with Crippen LogP contribution in [0.1, 0.15) is 17.4 Å². The molecule has 30 heavy (non-hydrogen) atoms. The van der Waals surface area contributed by atoms with E-state index in [0.717, 1.165) is 32.5 Å². The molecule has 0 saturated carbocycles. The van der Waals surface area contributed by atoms with Gasteiger partial charge in [-0.2, -0.15) is 0 Å². The summed E-state index contributed by atoms with van der Waals surface area (Å²) in [4.78, 5) is 32.0. The fourth-order valence-electron chi connectivity index (χ4n) is 3.36. The maximum atomic E-state index is 13.3. The Labute approximate surface area is 186 Å². The lowest BCUT2D eigenvalue weighted by Gasteiger charge is -2.08. The third kappa shape index (κ3) is 4.22.